The van der Waals surface area contributed by atoms with Crippen LogP contribution in [0.3, 0.4) is 0 Å². The number of carbonyl (C=O) groups is 1. The molecule has 0 aliphatic heterocycles. The van der Waals surface area contributed by atoms with Crippen molar-refractivity contribution in [3.05, 3.63) is 10.6 Å². The zero-order valence-electron chi connectivity index (χ0n) is 15.7. The van der Waals surface area contributed by atoms with Crippen LogP contribution in [-0.4, -0.2) is 46.3 Å². The molecule has 1 heterocycles. The first-order valence-electron chi connectivity index (χ1n) is 10.0. The van der Waals surface area contributed by atoms with E-state index in [1.165, 1.54) is 29.8 Å². The summed E-state index contributed by atoms with van der Waals surface area (Å²) in [6.07, 6.45) is 9.12. The fourth-order valence-electron chi connectivity index (χ4n) is 4.57. The Kier molecular flexibility index (Phi) is 6.75. The van der Waals surface area contributed by atoms with Gasteiger partial charge in [-0.25, -0.2) is 9.78 Å². The molecule has 3 rings (SSSR count). The molecular formula is C19H32N4O2S. The molecule has 1 atom stereocenters. The molecule has 2 aliphatic rings. The summed E-state index contributed by atoms with van der Waals surface area (Å²) in [6, 6.07) is 0.774. The molecule has 1 fully saturated rings. The molecule has 146 valence electrons. The second kappa shape index (κ2) is 9.04. The molecule has 0 radical (unpaired) electrons. The number of hydrogen-bond donors (Lipinski definition) is 3. The third-order valence-electron chi connectivity index (χ3n) is 5.96. The van der Waals surface area contributed by atoms with Crippen LogP contribution in [0.2, 0.25) is 0 Å². The lowest BCUT2D eigenvalue weighted by atomic mass is 9.84. The molecular weight excluding hydrogens is 348 g/mol. The van der Waals surface area contributed by atoms with Gasteiger partial charge in [-0.05, 0) is 76.8 Å². The van der Waals surface area contributed by atoms with E-state index in [-0.39, 0.29) is 6.04 Å². The van der Waals surface area contributed by atoms with Gasteiger partial charge < -0.3 is 21.1 Å². The Balaban J connectivity index is 1.48. The summed E-state index contributed by atoms with van der Waals surface area (Å²) in [4.78, 5) is 19.3. The van der Waals surface area contributed by atoms with Crippen molar-refractivity contribution in [3.8, 4) is 0 Å². The van der Waals surface area contributed by atoms with E-state index in [4.69, 9.17) is 10.8 Å². The van der Waals surface area contributed by atoms with Crippen LogP contribution in [0.4, 0.5) is 9.93 Å². The fourth-order valence-corrected chi connectivity index (χ4v) is 5.52. The number of anilines is 1. The molecule has 1 aromatic heterocycles. The van der Waals surface area contributed by atoms with Gasteiger partial charge in [-0.2, -0.15) is 0 Å². The number of amides is 1. The summed E-state index contributed by atoms with van der Waals surface area (Å²) in [7, 11) is 0. The van der Waals surface area contributed by atoms with Crippen LogP contribution < -0.4 is 11.1 Å². The van der Waals surface area contributed by atoms with E-state index in [2.05, 4.69) is 22.1 Å². The number of nitrogens with one attached hydrogen (secondary N) is 1. The van der Waals surface area contributed by atoms with Crippen LogP contribution >= 0.6 is 11.3 Å². The molecule has 0 saturated heterocycles. The first-order chi connectivity index (χ1) is 12.5. The summed E-state index contributed by atoms with van der Waals surface area (Å²) in [6.45, 7) is 4.57. The lowest BCUT2D eigenvalue weighted by Crippen LogP contribution is -2.41. The summed E-state index contributed by atoms with van der Waals surface area (Å²) < 4.78 is 0. The van der Waals surface area contributed by atoms with Gasteiger partial charge in [0.1, 0.15) is 0 Å². The predicted octanol–water partition coefficient (Wildman–Crippen LogP) is 3.51. The summed E-state index contributed by atoms with van der Waals surface area (Å²) >= 11 is 1.67. The Labute approximate surface area is 160 Å². The van der Waals surface area contributed by atoms with Crippen molar-refractivity contribution in [2.45, 2.75) is 76.8 Å². The van der Waals surface area contributed by atoms with Crippen molar-refractivity contribution >= 4 is 22.6 Å². The maximum absolute atomic E-state index is 10.8. The van der Waals surface area contributed by atoms with Gasteiger partial charge in [0.15, 0.2) is 5.13 Å². The number of nitrogen functional groups attached to an aromatic ring is 1. The number of hydrogen-bond acceptors (Lipinski definition) is 5. The largest absolute Gasteiger partial charge is 0.465 e. The van der Waals surface area contributed by atoms with Crippen molar-refractivity contribution in [1.29, 1.82) is 0 Å². The number of carboxylic acid groups (broad SMARTS) is 1. The van der Waals surface area contributed by atoms with E-state index in [1.54, 1.807) is 11.3 Å². The maximum atomic E-state index is 10.8. The number of nitrogens with two attached hydrogens (primary N) is 1. The van der Waals surface area contributed by atoms with Crippen LogP contribution in [0.1, 0.15) is 62.4 Å². The topological polar surface area (TPSA) is 91.5 Å². The Hall–Kier alpha value is -1.34. The third kappa shape index (κ3) is 5.10. The van der Waals surface area contributed by atoms with Crippen LogP contribution in [0.5, 0.6) is 0 Å². The average Bonchev–Trinajstić information content (AvgIpc) is 2.98. The Morgan fingerprint density at radius 2 is 2.08 bits per heavy atom. The Morgan fingerprint density at radius 3 is 2.77 bits per heavy atom. The number of fused-ring (bicyclic) bond motifs is 1. The highest BCUT2D eigenvalue weighted by Gasteiger charge is 2.28. The number of aryl methyl sites for hydroxylation is 1. The van der Waals surface area contributed by atoms with E-state index < -0.39 is 6.09 Å². The SMILES string of the molecule is CCCN(CCC1CCC(NC(=O)O)CC1)[C@H]1CCc2nc(N)sc2C1. The van der Waals surface area contributed by atoms with Crippen molar-refractivity contribution < 1.29 is 9.90 Å². The quantitative estimate of drug-likeness (QED) is 0.673. The normalized spacial score (nSPS) is 25.8. The summed E-state index contributed by atoms with van der Waals surface area (Å²) in [5.41, 5.74) is 7.11. The van der Waals surface area contributed by atoms with Crippen LogP contribution in [0.15, 0.2) is 0 Å². The Bertz CT molecular complexity index is 598. The molecule has 4 N–H and O–H groups in total. The standard InChI is InChI=1S/C19H32N4O2S/c1-2-10-23(15-7-8-16-17(12-15)26-18(20)22-16)11-9-13-3-5-14(6-4-13)21-19(24)25/h13-15,21H,2-12H2,1H3,(H2,20,22)(H,24,25)/t13?,14?,15-/m0/s1. The molecule has 0 spiro atoms. The van der Waals surface area contributed by atoms with Crippen LogP contribution in [-0.2, 0) is 12.8 Å². The second-order valence-electron chi connectivity index (χ2n) is 7.81. The monoisotopic (exact) mass is 380 g/mol. The van der Waals surface area contributed by atoms with E-state index in [9.17, 15) is 4.79 Å². The average molecular weight is 381 g/mol. The first-order valence-corrected chi connectivity index (χ1v) is 10.8. The zero-order chi connectivity index (χ0) is 18.5. The molecule has 0 aromatic carbocycles. The van der Waals surface area contributed by atoms with Gasteiger partial charge in [-0.1, -0.05) is 6.92 Å². The molecule has 6 nitrogen and oxygen atoms in total. The van der Waals surface area contributed by atoms with Gasteiger partial charge in [0.2, 0.25) is 0 Å². The molecule has 1 amide bonds. The molecule has 26 heavy (non-hydrogen) atoms. The number of aromatic nitrogens is 1. The maximum Gasteiger partial charge on any atom is 0.404 e. The number of thiazole rings is 1. The first kappa shape index (κ1) is 19.4. The lowest BCUT2D eigenvalue weighted by molar-refractivity contribution is 0.154. The van der Waals surface area contributed by atoms with Gasteiger partial charge in [-0.15, -0.1) is 11.3 Å². The molecule has 2 aliphatic carbocycles. The number of nitrogens with zero attached hydrogens (tertiary/aromatic N) is 2. The lowest BCUT2D eigenvalue weighted by Gasteiger charge is -2.36. The molecule has 0 unspecified atom stereocenters. The zero-order valence-corrected chi connectivity index (χ0v) is 16.6. The fraction of sp³-hybridized carbons (Fsp3) is 0.789. The van der Waals surface area contributed by atoms with Gasteiger partial charge >= 0.3 is 6.09 Å². The highest BCUT2D eigenvalue weighted by molar-refractivity contribution is 7.15. The van der Waals surface area contributed by atoms with Crippen molar-refractivity contribution in [3.63, 3.8) is 0 Å². The molecule has 1 saturated carbocycles. The van der Waals surface area contributed by atoms with Gasteiger partial charge in [-0.3, -0.25) is 0 Å². The predicted molar refractivity (Wildman–Crippen MR) is 106 cm³/mol. The third-order valence-corrected chi connectivity index (χ3v) is 6.91. The van der Waals surface area contributed by atoms with Crippen LogP contribution in [0, 0.1) is 5.92 Å². The minimum atomic E-state index is -0.886. The van der Waals surface area contributed by atoms with E-state index in [1.807, 2.05) is 0 Å². The molecule has 0 bridgehead atoms. The highest BCUT2D eigenvalue weighted by Crippen LogP contribution is 2.32. The van der Waals surface area contributed by atoms with E-state index in [0.29, 0.717) is 11.2 Å². The summed E-state index contributed by atoms with van der Waals surface area (Å²) in [5.74, 6) is 0.736. The van der Waals surface area contributed by atoms with E-state index >= 15 is 0 Å². The van der Waals surface area contributed by atoms with Crippen molar-refractivity contribution in [1.82, 2.24) is 15.2 Å². The van der Waals surface area contributed by atoms with Gasteiger partial charge in [0.05, 0.1) is 5.69 Å². The van der Waals surface area contributed by atoms with Gasteiger partial charge in [0, 0.05) is 17.0 Å². The van der Waals surface area contributed by atoms with E-state index in [0.717, 1.165) is 57.5 Å². The van der Waals surface area contributed by atoms with Crippen molar-refractivity contribution in [2.24, 2.45) is 5.92 Å². The highest BCUT2D eigenvalue weighted by atomic mass is 32.1. The Morgan fingerprint density at radius 1 is 1.31 bits per heavy atom. The molecule has 1 aromatic rings. The smallest absolute Gasteiger partial charge is 0.404 e. The number of rotatable bonds is 7. The van der Waals surface area contributed by atoms with Gasteiger partial charge in [0.25, 0.3) is 0 Å². The van der Waals surface area contributed by atoms with Crippen LogP contribution in [0.25, 0.3) is 0 Å². The second-order valence-corrected chi connectivity index (χ2v) is 8.93. The molecule has 7 heteroatoms. The van der Waals surface area contributed by atoms with Crippen molar-refractivity contribution in [2.75, 3.05) is 18.8 Å². The summed E-state index contributed by atoms with van der Waals surface area (Å²) in [5, 5.41) is 12.2. The minimum absolute atomic E-state index is 0.157. The minimum Gasteiger partial charge on any atom is -0.465 e.